The lowest BCUT2D eigenvalue weighted by Gasteiger charge is -2.10. The second-order valence-corrected chi connectivity index (χ2v) is 6.45. The number of aryl methyl sites for hydroxylation is 2. The average Bonchev–Trinajstić information content (AvgIpc) is 2.64. The number of nitrogens with one attached hydrogen (secondary N) is 1. The highest BCUT2D eigenvalue weighted by Crippen LogP contribution is 2.18. The molecule has 0 fully saturated rings. The van der Waals surface area contributed by atoms with E-state index in [0.717, 1.165) is 33.3 Å². The van der Waals surface area contributed by atoms with E-state index in [1.807, 2.05) is 69.3 Å². The summed E-state index contributed by atoms with van der Waals surface area (Å²) >= 11 is 0. The van der Waals surface area contributed by atoms with Crippen LogP contribution in [0.5, 0.6) is 0 Å². The first-order valence-electron chi connectivity index (χ1n) is 8.88. The lowest BCUT2D eigenvalue weighted by molar-refractivity contribution is 0.0950. The monoisotopic (exact) mass is 348 g/mol. The Morgan fingerprint density at radius 1 is 1.04 bits per heavy atom. The van der Waals surface area contributed by atoms with Crippen LogP contribution < -0.4 is 5.32 Å². The molecular weight excluding hydrogens is 324 g/mol. The van der Waals surface area contributed by atoms with Crippen molar-refractivity contribution in [3.05, 3.63) is 76.5 Å². The van der Waals surface area contributed by atoms with Crippen LogP contribution in [0.2, 0.25) is 0 Å². The van der Waals surface area contributed by atoms with Crippen molar-refractivity contribution in [1.82, 2.24) is 10.3 Å². The van der Waals surface area contributed by atoms with Crippen molar-refractivity contribution in [2.75, 3.05) is 6.61 Å². The fourth-order valence-electron chi connectivity index (χ4n) is 2.85. The standard InChI is InChI=1S/C22H24N2O2/c1-4-26-14-18-8-6-17(7-9-18)13-23-22(25)20-12-19-10-5-15(2)11-21(19)24-16(20)3/h5-12H,4,13-14H2,1-3H3,(H,23,25). The van der Waals surface area contributed by atoms with E-state index in [1.165, 1.54) is 0 Å². The number of hydrogen-bond acceptors (Lipinski definition) is 3. The van der Waals surface area contributed by atoms with Crippen molar-refractivity contribution < 1.29 is 9.53 Å². The number of carbonyl (C=O) groups is 1. The lowest BCUT2D eigenvalue weighted by atomic mass is 10.1. The topological polar surface area (TPSA) is 51.2 Å². The molecule has 0 unspecified atom stereocenters. The second-order valence-electron chi connectivity index (χ2n) is 6.45. The summed E-state index contributed by atoms with van der Waals surface area (Å²) in [4.78, 5) is 17.2. The molecule has 1 amide bonds. The molecule has 0 spiro atoms. The van der Waals surface area contributed by atoms with E-state index in [9.17, 15) is 4.79 Å². The highest BCUT2D eigenvalue weighted by atomic mass is 16.5. The van der Waals surface area contributed by atoms with Gasteiger partial charge in [-0.1, -0.05) is 36.4 Å². The van der Waals surface area contributed by atoms with Crippen LogP contribution in [0.3, 0.4) is 0 Å². The van der Waals surface area contributed by atoms with Crippen molar-refractivity contribution in [3.8, 4) is 0 Å². The van der Waals surface area contributed by atoms with Gasteiger partial charge in [0.1, 0.15) is 0 Å². The summed E-state index contributed by atoms with van der Waals surface area (Å²) in [6.07, 6.45) is 0. The normalized spacial score (nSPS) is 10.9. The highest BCUT2D eigenvalue weighted by Gasteiger charge is 2.11. The van der Waals surface area contributed by atoms with Crippen LogP contribution in [-0.4, -0.2) is 17.5 Å². The number of carbonyl (C=O) groups excluding carboxylic acids is 1. The number of benzene rings is 2. The van der Waals surface area contributed by atoms with Gasteiger partial charge in [0.15, 0.2) is 0 Å². The minimum Gasteiger partial charge on any atom is -0.377 e. The number of aromatic nitrogens is 1. The molecule has 4 heteroatoms. The molecule has 2 aromatic carbocycles. The molecule has 3 aromatic rings. The summed E-state index contributed by atoms with van der Waals surface area (Å²) < 4.78 is 5.39. The molecule has 1 heterocycles. The van der Waals surface area contributed by atoms with Crippen molar-refractivity contribution >= 4 is 16.8 Å². The Morgan fingerprint density at radius 2 is 1.77 bits per heavy atom. The van der Waals surface area contributed by atoms with E-state index in [4.69, 9.17) is 4.74 Å². The maximum Gasteiger partial charge on any atom is 0.253 e. The minimum absolute atomic E-state index is 0.101. The van der Waals surface area contributed by atoms with Crippen LogP contribution in [0.15, 0.2) is 48.5 Å². The fraction of sp³-hybridized carbons (Fsp3) is 0.273. The van der Waals surface area contributed by atoms with E-state index in [1.54, 1.807) is 0 Å². The number of rotatable bonds is 6. The average molecular weight is 348 g/mol. The quantitative estimate of drug-likeness (QED) is 0.722. The summed E-state index contributed by atoms with van der Waals surface area (Å²) in [6.45, 7) is 7.70. The van der Waals surface area contributed by atoms with Gasteiger partial charge in [0.2, 0.25) is 0 Å². The number of ether oxygens (including phenoxy) is 1. The Bertz CT molecular complexity index is 917. The van der Waals surface area contributed by atoms with Gasteiger partial charge in [-0.25, -0.2) is 0 Å². The number of amides is 1. The van der Waals surface area contributed by atoms with Gasteiger partial charge < -0.3 is 10.1 Å². The zero-order chi connectivity index (χ0) is 18.5. The van der Waals surface area contributed by atoms with Gasteiger partial charge in [-0.2, -0.15) is 0 Å². The molecule has 0 saturated heterocycles. The molecule has 134 valence electrons. The Morgan fingerprint density at radius 3 is 2.50 bits per heavy atom. The third-order valence-corrected chi connectivity index (χ3v) is 4.36. The third-order valence-electron chi connectivity index (χ3n) is 4.36. The van der Waals surface area contributed by atoms with Gasteiger partial charge >= 0.3 is 0 Å². The van der Waals surface area contributed by atoms with Gasteiger partial charge in [0, 0.05) is 18.5 Å². The molecule has 1 aromatic heterocycles. The highest BCUT2D eigenvalue weighted by molar-refractivity contribution is 5.98. The molecule has 0 aliphatic carbocycles. The van der Waals surface area contributed by atoms with Gasteiger partial charge in [-0.15, -0.1) is 0 Å². The van der Waals surface area contributed by atoms with Crippen molar-refractivity contribution in [2.24, 2.45) is 0 Å². The smallest absolute Gasteiger partial charge is 0.253 e. The Hall–Kier alpha value is -2.72. The molecule has 0 aliphatic heterocycles. The van der Waals surface area contributed by atoms with Crippen LogP contribution in [0, 0.1) is 13.8 Å². The lowest BCUT2D eigenvalue weighted by Crippen LogP contribution is -2.24. The van der Waals surface area contributed by atoms with Crippen molar-refractivity contribution in [2.45, 2.75) is 33.9 Å². The maximum absolute atomic E-state index is 12.6. The number of fused-ring (bicyclic) bond motifs is 1. The first-order valence-corrected chi connectivity index (χ1v) is 8.88. The predicted octanol–water partition coefficient (Wildman–Crippen LogP) is 4.32. The molecule has 26 heavy (non-hydrogen) atoms. The van der Waals surface area contributed by atoms with E-state index in [0.29, 0.717) is 25.3 Å². The third kappa shape index (κ3) is 4.27. The Labute approximate surface area is 154 Å². The molecule has 0 radical (unpaired) electrons. The Kier molecular flexibility index (Phi) is 5.64. The fourth-order valence-corrected chi connectivity index (χ4v) is 2.85. The van der Waals surface area contributed by atoms with E-state index < -0.39 is 0 Å². The summed E-state index contributed by atoms with van der Waals surface area (Å²) in [5.41, 5.74) is 5.63. The van der Waals surface area contributed by atoms with E-state index in [-0.39, 0.29) is 5.91 Å². The first kappa shape index (κ1) is 18.1. The van der Waals surface area contributed by atoms with Gasteiger partial charge in [-0.3, -0.25) is 9.78 Å². The minimum atomic E-state index is -0.101. The molecule has 0 bridgehead atoms. The van der Waals surface area contributed by atoms with Gasteiger partial charge in [0.05, 0.1) is 23.4 Å². The molecule has 3 rings (SSSR count). The SMILES string of the molecule is CCOCc1ccc(CNC(=O)c2cc3ccc(C)cc3nc2C)cc1. The molecule has 4 nitrogen and oxygen atoms in total. The molecule has 0 aliphatic rings. The van der Waals surface area contributed by atoms with Crippen LogP contribution in [-0.2, 0) is 17.9 Å². The molecule has 0 atom stereocenters. The largest absolute Gasteiger partial charge is 0.377 e. The zero-order valence-corrected chi connectivity index (χ0v) is 15.5. The predicted molar refractivity (Wildman–Crippen MR) is 104 cm³/mol. The van der Waals surface area contributed by atoms with Crippen LogP contribution in [0.4, 0.5) is 0 Å². The van der Waals surface area contributed by atoms with Gasteiger partial charge in [0.25, 0.3) is 5.91 Å². The van der Waals surface area contributed by atoms with Gasteiger partial charge in [-0.05, 0) is 49.6 Å². The number of pyridine rings is 1. The van der Waals surface area contributed by atoms with Crippen molar-refractivity contribution in [1.29, 1.82) is 0 Å². The summed E-state index contributed by atoms with van der Waals surface area (Å²) in [7, 11) is 0. The summed E-state index contributed by atoms with van der Waals surface area (Å²) in [5.74, 6) is -0.101. The Balaban J connectivity index is 1.69. The first-order chi connectivity index (χ1) is 12.6. The molecular formula is C22H24N2O2. The van der Waals surface area contributed by atoms with Crippen LogP contribution in [0.25, 0.3) is 10.9 Å². The zero-order valence-electron chi connectivity index (χ0n) is 15.5. The summed E-state index contributed by atoms with van der Waals surface area (Å²) in [6, 6.07) is 16.1. The second kappa shape index (κ2) is 8.11. The van der Waals surface area contributed by atoms with Crippen molar-refractivity contribution in [3.63, 3.8) is 0 Å². The van der Waals surface area contributed by atoms with Crippen LogP contribution >= 0.6 is 0 Å². The van der Waals surface area contributed by atoms with E-state index in [2.05, 4.69) is 10.3 Å². The number of hydrogen-bond donors (Lipinski definition) is 1. The number of nitrogens with zero attached hydrogens (tertiary/aromatic N) is 1. The molecule has 0 saturated carbocycles. The van der Waals surface area contributed by atoms with E-state index >= 15 is 0 Å². The molecule has 1 N–H and O–H groups in total. The van der Waals surface area contributed by atoms with Crippen LogP contribution in [0.1, 0.15) is 39.7 Å². The maximum atomic E-state index is 12.6. The summed E-state index contributed by atoms with van der Waals surface area (Å²) in [5, 5.41) is 3.96.